The van der Waals surface area contributed by atoms with E-state index in [9.17, 15) is 13.2 Å². The molecule has 0 atom stereocenters. The van der Waals surface area contributed by atoms with Crippen LogP contribution >= 0.6 is 0 Å². The van der Waals surface area contributed by atoms with Crippen molar-refractivity contribution in [2.75, 3.05) is 29.4 Å². The Morgan fingerprint density at radius 2 is 1.84 bits per heavy atom. The Bertz CT molecular complexity index is 1060. The first kappa shape index (κ1) is 23.9. The van der Waals surface area contributed by atoms with Crippen LogP contribution in [-0.4, -0.2) is 34.1 Å². The number of carbonyl (C=O) groups is 1. The smallest absolute Gasteiger partial charge is 0.261 e. The number of hydrogen-bond acceptors (Lipinski definition) is 5. The zero-order valence-electron chi connectivity index (χ0n) is 19.3. The molecule has 1 N–H and O–H groups in total. The van der Waals surface area contributed by atoms with Crippen molar-refractivity contribution in [1.82, 2.24) is 0 Å². The van der Waals surface area contributed by atoms with Crippen LogP contribution < -0.4 is 19.1 Å². The highest BCUT2D eigenvalue weighted by atomic mass is 32.2. The Labute approximate surface area is 190 Å². The molecule has 3 rings (SSSR count). The first-order valence-electron chi connectivity index (χ1n) is 10.9. The molecule has 0 saturated carbocycles. The van der Waals surface area contributed by atoms with Crippen LogP contribution in [0.3, 0.4) is 0 Å². The topological polar surface area (TPSA) is 84.9 Å². The van der Waals surface area contributed by atoms with Gasteiger partial charge in [0, 0.05) is 12.6 Å². The summed E-state index contributed by atoms with van der Waals surface area (Å²) < 4.78 is 39.8. The van der Waals surface area contributed by atoms with Gasteiger partial charge in [-0.05, 0) is 62.6 Å². The summed E-state index contributed by atoms with van der Waals surface area (Å²) in [6.45, 7) is 11.1. The molecule has 1 amide bonds. The predicted octanol–water partition coefficient (Wildman–Crippen LogP) is 4.68. The molecule has 2 aromatic carbocycles. The first-order valence-corrected chi connectivity index (χ1v) is 12.4. The normalized spacial score (nSPS) is 15.7. The average Bonchev–Trinajstić information content (AvgIpc) is 2.82. The second kappa shape index (κ2) is 9.40. The van der Waals surface area contributed by atoms with Crippen LogP contribution in [0.2, 0.25) is 0 Å². The highest BCUT2D eigenvalue weighted by Crippen LogP contribution is 2.39. The van der Waals surface area contributed by atoms with E-state index in [4.69, 9.17) is 9.47 Å². The maximum Gasteiger partial charge on any atom is 0.261 e. The van der Waals surface area contributed by atoms with E-state index in [-0.39, 0.29) is 23.3 Å². The fraction of sp³-hybridized carbons (Fsp3) is 0.458. The molecule has 0 unspecified atom stereocenters. The third-order valence-corrected chi connectivity index (χ3v) is 6.47. The van der Waals surface area contributed by atoms with Crippen molar-refractivity contribution >= 4 is 27.3 Å². The second-order valence-corrected chi connectivity index (χ2v) is 10.8. The number of benzene rings is 2. The molecule has 1 aliphatic heterocycles. The van der Waals surface area contributed by atoms with Crippen LogP contribution in [0, 0.1) is 11.3 Å². The minimum Gasteiger partial charge on any atom is -0.494 e. The number of rotatable bonds is 8. The summed E-state index contributed by atoms with van der Waals surface area (Å²) in [7, 11) is -3.79. The van der Waals surface area contributed by atoms with Gasteiger partial charge in [0.05, 0.1) is 28.3 Å². The number of amides is 1. The zero-order valence-corrected chi connectivity index (χ0v) is 20.2. The van der Waals surface area contributed by atoms with E-state index >= 15 is 0 Å². The summed E-state index contributed by atoms with van der Waals surface area (Å²) in [6, 6.07) is 11.3. The zero-order chi connectivity index (χ0) is 23.5. The van der Waals surface area contributed by atoms with Gasteiger partial charge in [0.2, 0.25) is 5.91 Å². The number of sulfonamides is 1. The summed E-state index contributed by atoms with van der Waals surface area (Å²) in [5, 5.41) is 0. The highest BCUT2D eigenvalue weighted by molar-refractivity contribution is 7.92. The lowest BCUT2D eigenvalue weighted by atomic mass is 9.92. The third kappa shape index (κ3) is 5.35. The van der Waals surface area contributed by atoms with E-state index < -0.39 is 15.4 Å². The Balaban J connectivity index is 1.86. The highest BCUT2D eigenvalue weighted by Gasteiger charge is 2.38. The van der Waals surface area contributed by atoms with Crippen LogP contribution in [0.25, 0.3) is 0 Å². The molecule has 0 fully saturated rings. The van der Waals surface area contributed by atoms with Crippen molar-refractivity contribution < 1.29 is 22.7 Å². The van der Waals surface area contributed by atoms with Crippen molar-refractivity contribution in [3.05, 3.63) is 42.5 Å². The molecule has 0 radical (unpaired) electrons. The fourth-order valence-corrected chi connectivity index (χ4v) is 4.46. The monoisotopic (exact) mass is 460 g/mol. The summed E-state index contributed by atoms with van der Waals surface area (Å²) in [6.07, 6.45) is 0.874. The molecule has 1 heterocycles. The lowest BCUT2D eigenvalue weighted by molar-refractivity contribution is -0.127. The predicted molar refractivity (Wildman–Crippen MR) is 126 cm³/mol. The van der Waals surface area contributed by atoms with E-state index in [1.54, 1.807) is 35.2 Å². The standard InChI is InChI=1S/C24H32N2O5S/c1-6-13-30-19-8-10-20(11-9-19)32(28,29)25-18-7-12-21-22(14-18)31-16-24(4,5)23(27)26(21)15-17(2)3/h7-12,14,17,25H,6,13,15-16H2,1-5H3. The summed E-state index contributed by atoms with van der Waals surface area (Å²) in [5.41, 5.74) is 0.330. The van der Waals surface area contributed by atoms with Crippen molar-refractivity contribution in [3.8, 4) is 11.5 Å². The molecule has 0 aliphatic carbocycles. The summed E-state index contributed by atoms with van der Waals surface area (Å²) in [4.78, 5) is 15.0. The van der Waals surface area contributed by atoms with Gasteiger partial charge in [0.1, 0.15) is 18.1 Å². The third-order valence-electron chi connectivity index (χ3n) is 5.07. The molecule has 174 valence electrons. The molecule has 2 aromatic rings. The molecule has 8 heteroatoms. The maximum absolute atomic E-state index is 13.1. The van der Waals surface area contributed by atoms with Crippen molar-refractivity contribution in [1.29, 1.82) is 0 Å². The van der Waals surface area contributed by atoms with Gasteiger partial charge in [-0.25, -0.2) is 8.42 Å². The SMILES string of the molecule is CCCOc1ccc(S(=O)(=O)Nc2ccc3c(c2)OCC(C)(C)C(=O)N3CC(C)C)cc1. The van der Waals surface area contributed by atoms with E-state index in [1.807, 2.05) is 34.6 Å². The van der Waals surface area contributed by atoms with Crippen molar-refractivity contribution in [3.63, 3.8) is 0 Å². The first-order chi connectivity index (χ1) is 15.0. The number of ether oxygens (including phenoxy) is 2. The van der Waals surface area contributed by atoms with Gasteiger partial charge in [-0.1, -0.05) is 20.8 Å². The molecule has 0 spiro atoms. The number of hydrogen-bond donors (Lipinski definition) is 1. The van der Waals surface area contributed by atoms with Gasteiger partial charge in [0.25, 0.3) is 10.0 Å². The molecule has 0 saturated heterocycles. The van der Waals surface area contributed by atoms with E-state index in [0.717, 1.165) is 6.42 Å². The molecule has 0 bridgehead atoms. The lowest BCUT2D eigenvalue weighted by Crippen LogP contribution is -2.43. The van der Waals surface area contributed by atoms with Crippen LogP contribution in [0.1, 0.15) is 41.0 Å². The van der Waals surface area contributed by atoms with Gasteiger partial charge in [-0.3, -0.25) is 9.52 Å². The molecular weight excluding hydrogens is 428 g/mol. The quantitative estimate of drug-likeness (QED) is 0.618. The number of fused-ring (bicyclic) bond motifs is 1. The minimum atomic E-state index is -3.79. The second-order valence-electron chi connectivity index (χ2n) is 9.09. The number of carbonyl (C=O) groups excluding carboxylic acids is 1. The van der Waals surface area contributed by atoms with Gasteiger partial charge in [0.15, 0.2) is 0 Å². The van der Waals surface area contributed by atoms with Crippen LogP contribution in [0.4, 0.5) is 11.4 Å². The Hall–Kier alpha value is -2.74. The van der Waals surface area contributed by atoms with Gasteiger partial charge in [-0.2, -0.15) is 0 Å². The van der Waals surface area contributed by atoms with Gasteiger partial charge in [-0.15, -0.1) is 0 Å². The number of anilines is 2. The van der Waals surface area contributed by atoms with Crippen LogP contribution in [0.5, 0.6) is 11.5 Å². The fourth-order valence-electron chi connectivity index (χ4n) is 3.41. The number of nitrogens with zero attached hydrogens (tertiary/aromatic N) is 1. The number of nitrogens with one attached hydrogen (secondary N) is 1. The van der Waals surface area contributed by atoms with E-state index in [1.165, 1.54) is 12.1 Å². The van der Waals surface area contributed by atoms with E-state index in [0.29, 0.717) is 36.0 Å². The lowest BCUT2D eigenvalue weighted by Gasteiger charge is -2.29. The molecule has 32 heavy (non-hydrogen) atoms. The molecular formula is C24H32N2O5S. The Morgan fingerprint density at radius 3 is 2.47 bits per heavy atom. The molecule has 0 aromatic heterocycles. The Morgan fingerprint density at radius 1 is 1.16 bits per heavy atom. The van der Waals surface area contributed by atoms with E-state index in [2.05, 4.69) is 4.72 Å². The maximum atomic E-state index is 13.1. The van der Waals surface area contributed by atoms with Crippen LogP contribution in [0.15, 0.2) is 47.4 Å². The minimum absolute atomic E-state index is 0.0105. The largest absolute Gasteiger partial charge is 0.494 e. The summed E-state index contributed by atoms with van der Waals surface area (Å²) >= 11 is 0. The van der Waals surface area contributed by atoms with Gasteiger partial charge < -0.3 is 14.4 Å². The Kier molecular flexibility index (Phi) is 7.03. The molecule has 1 aliphatic rings. The molecule has 7 nitrogen and oxygen atoms in total. The van der Waals surface area contributed by atoms with Crippen molar-refractivity contribution in [2.24, 2.45) is 11.3 Å². The van der Waals surface area contributed by atoms with Crippen LogP contribution in [-0.2, 0) is 14.8 Å². The summed E-state index contributed by atoms with van der Waals surface area (Å²) in [5.74, 6) is 1.36. The van der Waals surface area contributed by atoms with Crippen molar-refractivity contribution in [2.45, 2.75) is 45.9 Å². The van der Waals surface area contributed by atoms with Gasteiger partial charge >= 0.3 is 0 Å². The average molecular weight is 461 g/mol.